The van der Waals surface area contributed by atoms with Crippen molar-refractivity contribution in [2.45, 2.75) is 51.2 Å². The first-order valence-electron chi connectivity index (χ1n) is 6.64. The molecule has 0 aliphatic carbocycles. The fraction of sp³-hybridized carbons (Fsp3) is 0.714. The maximum absolute atomic E-state index is 5.80. The maximum atomic E-state index is 5.80. The van der Waals surface area contributed by atoms with Gasteiger partial charge < -0.3 is 10.1 Å². The molecule has 2 unspecified atom stereocenters. The molecule has 96 valence electrons. The smallest absolute Gasteiger partial charge is 0.0575 e. The van der Waals surface area contributed by atoms with Gasteiger partial charge in [0.2, 0.25) is 0 Å². The van der Waals surface area contributed by atoms with E-state index in [1.807, 2.05) is 11.3 Å². The molecule has 2 nitrogen and oxygen atoms in total. The van der Waals surface area contributed by atoms with Gasteiger partial charge in [-0.25, -0.2) is 0 Å². The minimum Gasteiger partial charge on any atom is -0.378 e. The molecule has 1 aliphatic heterocycles. The SMILES string of the molecule is CNC(CCC1CCCCO1)c1ccsc1C. The Bertz CT molecular complexity index is 331. The minimum absolute atomic E-state index is 0.492. The van der Waals surface area contributed by atoms with Crippen molar-refractivity contribution < 1.29 is 4.74 Å². The van der Waals surface area contributed by atoms with Crippen molar-refractivity contribution in [1.82, 2.24) is 5.32 Å². The van der Waals surface area contributed by atoms with Crippen molar-refractivity contribution in [3.8, 4) is 0 Å². The molecule has 2 heterocycles. The Kier molecular flexibility index (Phi) is 5.01. The Balaban J connectivity index is 1.85. The van der Waals surface area contributed by atoms with Crippen molar-refractivity contribution in [2.24, 2.45) is 0 Å². The first kappa shape index (κ1) is 13.1. The van der Waals surface area contributed by atoms with Gasteiger partial charge in [-0.1, -0.05) is 0 Å². The highest BCUT2D eigenvalue weighted by Gasteiger charge is 2.18. The lowest BCUT2D eigenvalue weighted by Crippen LogP contribution is -2.23. The molecule has 0 bridgehead atoms. The van der Waals surface area contributed by atoms with Crippen LogP contribution in [0.1, 0.15) is 48.6 Å². The van der Waals surface area contributed by atoms with E-state index in [0.29, 0.717) is 12.1 Å². The summed E-state index contributed by atoms with van der Waals surface area (Å²) >= 11 is 1.84. The number of rotatable bonds is 5. The molecule has 0 saturated carbocycles. The van der Waals surface area contributed by atoms with Crippen LogP contribution in [0.3, 0.4) is 0 Å². The third-order valence-electron chi connectivity index (χ3n) is 3.67. The summed E-state index contributed by atoms with van der Waals surface area (Å²) in [5.41, 5.74) is 1.47. The van der Waals surface area contributed by atoms with E-state index in [9.17, 15) is 0 Å². The van der Waals surface area contributed by atoms with Crippen LogP contribution in [-0.4, -0.2) is 19.8 Å². The third-order valence-corrected chi connectivity index (χ3v) is 4.54. The minimum atomic E-state index is 0.492. The summed E-state index contributed by atoms with van der Waals surface area (Å²) in [5, 5.41) is 5.62. The highest BCUT2D eigenvalue weighted by Crippen LogP contribution is 2.28. The molecule has 3 heteroatoms. The highest BCUT2D eigenvalue weighted by atomic mass is 32.1. The Hall–Kier alpha value is -0.380. The van der Waals surface area contributed by atoms with Crippen LogP contribution < -0.4 is 5.32 Å². The largest absolute Gasteiger partial charge is 0.378 e. The third kappa shape index (κ3) is 3.54. The van der Waals surface area contributed by atoms with E-state index in [0.717, 1.165) is 6.61 Å². The van der Waals surface area contributed by atoms with Crippen LogP contribution in [0.25, 0.3) is 0 Å². The lowest BCUT2D eigenvalue weighted by atomic mass is 9.98. The molecule has 0 radical (unpaired) electrons. The molecule has 2 rings (SSSR count). The van der Waals surface area contributed by atoms with Crippen LogP contribution in [0.5, 0.6) is 0 Å². The fourth-order valence-electron chi connectivity index (χ4n) is 2.60. The monoisotopic (exact) mass is 253 g/mol. The topological polar surface area (TPSA) is 21.3 Å². The molecular formula is C14H23NOS. The first-order chi connectivity index (χ1) is 8.31. The maximum Gasteiger partial charge on any atom is 0.0575 e. The van der Waals surface area contributed by atoms with Gasteiger partial charge in [0.1, 0.15) is 0 Å². The zero-order valence-electron chi connectivity index (χ0n) is 10.9. The van der Waals surface area contributed by atoms with Crippen molar-refractivity contribution in [3.63, 3.8) is 0 Å². The van der Waals surface area contributed by atoms with Crippen LogP contribution in [0.2, 0.25) is 0 Å². The Labute approximate surface area is 108 Å². The van der Waals surface area contributed by atoms with Gasteiger partial charge in [-0.05, 0) is 63.1 Å². The summed E-state index contributed by atoms with van der Waals surface area (Å²) in [4.78, 5) is 1.44. The number of aryl methyl sites for hydroxylation is 1. The van der Waals surface area contributed by atoms with Gasteiger partial charge in [-0.15, -0.1) is 11.3 Å². The summed E-state index contributed by atoms with van der Waals surface area (Å²) in [6.07, 6.45) is 6.69. The van der Waals surface area contributed by atoms with Gasteiger partial charge in [-0.3, -0.25) is 0 Å². The number of nitrogens with one attached hydrogen (secondary N) is 1. The van der Waals surface area contributed by atoms with Crippen LogP contribution >= 0.6 is 11.3 Å². The van der Waals surface area contributed by atoms with Crippen molar-refractivity contribution in [1.29, 1.82) is 0 Å². The second kappa shape index (κ2) is 6.53. The van der Waals surface area contributed by atoms with Gasteiger partial charge in [0.25, 0.3) is 0 Å². The molecule has 1 aliphatic rings. The predicted octanol–water partition coefficient (Wildman–Crippen LogP) is 3.67. The summed E-state index contributed by atoms with van der Waals surface area (Å²) < 4.78 is 5.80. The van der Waals surface area contributed by atoms with Gasteiger partial charge in [0, 0.05) is 17.5 Å². The van der Waals surface area contributed by atoms with Crippen molar-refractivity contribution in [2.75, 3.05) is 13.7 Å². The number of ether oxygens (including phenoxy) is 1. The van der Waals surface area contributed by atoms with Gasteiger partial charge in [0.15, 0.2) is 0 Å². The summed E-state index contributed by atoms with van der Waals surface area (Å²) in [6, 6.07) is 2.75. The summed E-state index contributed by atoms with van der Waals surface area (Å²) in [5.74, 6) is 0. The molecule has 0 aromatic carbocycles. The number of thiophene rings is 1. The Morgan fingerprint density at radius 2 is 2.41 bits per heavy atom. The first-order valence-corrected chi connectivity index (χ1v) is 7.52. The highest BCUT2D eigenvalue weighted by molar-refractivity contribution is 7.10. The molecule has 1 aromatic rings. The summed E-state index contributed by atoms with van der Waals surface area (Å²) in [6.45, 7) is 3.17. The van der Waals surface area contributed by atoms with Crippen LogP contribution in [0.4, 0.5) is 0 Å². The second-order valence-corrected chi connectivity index (χ2v) is 5.96. The predicted molar refractivity (Wildman–Crippen MR) is 73.7 cm³/mol. The van der Waals surface area contributed by atoms with E-state index >= 15 is 0 Å². The van der Waals surface area contributed by atoms with Crippen LogP contribution in [-0.2, 0) is 4.74 Å². The van der Waals surface area contributed by atoms with Crippen LogP contribution in [0, 0.1) is 6.92 Å². The molecule has 1 aromatic heterocycles. The molecule has 0 spiro atoms. The number of hydrogen-bond donors (Lipinski definition) is 1. The standard InChI is InChI=1S/C14H23NOS/c1-11-13(8-10-17-11)14(15-2)7-6-12-5-3-4-9-16-12/h8,10,12,14-15H,3-7,9H2,1-2H3. The molecule has 1 saturated heterocycles. The van der Waals surface area contributed by atoms with Gasteiger partial charge in [-0.2, -0.15) is 0 Å². The second-order valence-electron chi connectivity index (χ2n) is 4.84. The van der Waals surface area contributed by atoms with E-state index in [-0.39, 0.29) is 0 Å². The molecule has 1 N–H and O–H groups in total. The average Bonchev–Trinajstić information content (AvgIpc) is 2.78. The zero-order valence-corrected chi connectivity index (χ0v) is 11.7. The molecular weight excluding hydrogens is 230 g/mol. The normalized spacial score (nSPS) is 22.6. The van der Waals surface area contributed by atoms with E-state index in [2.05, 4.69) is 30.7 Å². The van der Waals surface area contributed by atoms with E-state index in [1.54, 1.807) is 0 Å². The average molecular weight is 253 g/mol. The Morgan fingerprint density at radius 1 is 1.53 bits per heavy atom. The number of hydrogen-bond acceptors (Lipinski definition) is 3. The van der Waals surface area contributed by atoms with Gasteiger partial charge in [0.05, 0.1) is 6.10 Å². The fourth-order valence-corrected chi connectivity index (χ4v) is 3.36. The van der Waals surface area contributed by atoms with E-state index in [4.69, 9.17) is 4.74 Å². The van der Waals surface area contributed by atoms with E-state index in [1.165, 1.54) is 42.5 Å². The Morgan fingerprint density at radius 3 is 3.00 bits per heavy atom. The lowest BCUT2D eigenvalue weighted by Gasteiger charge is -2.25. The van der Waals surface area contributed by atoms with Crippen LogP contribution in [0.15, 0.2) is 11.4 Å². The molecule has 1 fully saturated rings. The zero-order chi connectivity index (χ0) is 12.1. The molecule has 2 atom stereocenters. The summed E-state index contributed by atoms with van der Waals surface area (Å²) in [7, 11) is 2.06. The van der Waals surface area contributed by atoms with Gasteiger partial charge >= 0.3 is 0 Å². The molecule has 0 amide bonds. The van der Waals surface area contributed by atoms with Crippen molar-refractivity contribution >= 4 is 11.3 Å². The lowest BCUT2D eigenvalue weighted by molar-refractivity contribution is 0.00866. The quantitative estimate of drug-likeness (QED) is 0.864. The van der Waals surface area contributed by atoms with E-state index < -0.39 is 0 Å². The molecule has 17 heavy (non-hydrogen) atoms. The van der Waals surface area contributed by atoms with Crippen molar-refractivity contribution in [3.05, 3.63) is 21.9 Å².